The number of carbonyl (C=O) groups excluding carboxylic acids is 2. The van der Waals surface area contributed by atoms with E-state index in [0.29, 0.717) is 11.8 Å². The molecule has 316 valence electrons. The van der Waals surface area contributed by atoms with E-state index in [1.807, 2.05) is 0 Å². The molecule has 5 nitrogen and oxygen atoms in total. The number of ether oxygens (including phenoxy) is 2. The summed E-state index contributed by atoms with van der Waals surface area (Å²) < 4.78 is 10.4. The van der Waals surface area contributed by atoms with Crippen molar-refractivity contribution >= 4 is 20.0 Å². The van der Waals surface area contributed by atoms with Crippen molar-refractivity contribution in [2.75, 3.05) is 14.2 Å². The maximum atomic E-state index is 13.5. The van der Waals surface area contributed by atoms with E-state index < -0.39 is 31.5 Å². The Hall–Kier alpha value is -4.54. The van der Waals surface area contributed by atoms with Crippen LogP contribution in [0, 0.1) is 40.6 Å². The molecule has 0 amide bonds. The molecule has 0 heterocycles. The molecular weight excluding hydrogens is 745 g/mol. The normalized spacial score (nSPS) is 12.3. The number of aliphatic hydroxyl groups excluding tert-OH is 1. The Bertz CT molecular complexity index is 2010. The molecule has 1 N–H and O–H groups in total. The molecule has 0 radical (unpaired) electrons. The van der Waals surface area contributed by atoms with E-state index >= 15 is 0 Å². The van der Waals surface area contributed by atoms with Crippen molar-refractivity contribution in [3.8, 4) is 57.4 Å². The van der Waals surface area contributed by atoms with E-state index in [1.165, 1.54) is 58.7 Å². The SMILES string of the molecule is COC(=O)C(CC#Cc1cc(-c2c(C(C)C)cc(C(C)C)cc2C(C)C)cc(-c2c(C(C)C)cc(C(C)C)cc2C(C)C)c1)(CC#CC(O)C#C[Si](C)(C)C)C(=O)OC. The van der Waals surface area contributed by atoms with Gasteiger partial charge in [-0.25, -0.2) is 0 Å². The first-order valence-corrected chi connectivity index (χ1v) is 24.8. The summed E-state index contributed by atoms with van der Waals surface area (Å²) in [5.41, 5.74) is 14.5. The Morgan fingerprint density at radius 1 is 0.576 bits per heavy atom. The van der Waals surface area contributed by atoms with Crippen molar-refractivity contribution in [2.45, 2.75) is 157 Å². The molecule has 0 aromatic heterocycles. The number of benzene rings is 3. The van der Waals surface area contributed by atoms with Gasteiger partial charge in [0.1, 0.15) is 8.07 Å². The van der Waals surface area contributed by atoms with Crippen LogP contribution in [0.3, 0.4) is 0 Å². The van der Waals surface area contributed by atoms with E-state index in [-0.39, 0.29) is 36.5 Å². The zero-order valence-corrected chi connectivity index (χ0v) is 40.1. The minimum absolute atomic E-state index is 0.202. The lowest BCUT2D eigenvalue weighted by Gasteiger charge is -2.26. The number of aliphatic hydroxyl groups is 1. The maximum Gasteiger partial charge on any atom is 0.325 e. The largest absolute Gasteiger partial charge is 0.468 e. The molecule has 0 aliphatic heterocycles. The van der Waals surface area contributed by atoms with E-state index in [4.69, 9.17) is 9.47 Å². The predicted molar refractivity (Wildman–Crippen MR) is 249 cm³/mol. The van der Waals surface area contributed by atoms with Gasteiger partial charge in [-0.3, -0.25) is 9.59 Å². The molecule has 59 heavy (non-hydrogen) atoms. The van der Waals surface area contributed by atoms with Crippen molar-refractivity contribution in [3.63, 3.8) is 0 Å². The number of esters is 2. The maximum absolute atomic E-state index is 13.5. The third-order valence-corrected chi connectivity index (χ3v) is 11.7. The third kappa shape index (κ3) is 12.3. The van der Waals surface area contributed by atoms with Crippen LogP contribution in [0.5, 0.6) is 0 Å². The van der Waals surface area contributed by atoms with Crippen LogP contribution in [-0.2, 0) is 19.1 Å². The highest BCUT2D eigenvalue weighted by molar-refractivity contribution is 6.83. The summed E-state index contributed by atoms with van der Waals surface area (Å²) in [6, 6.07) is 16.1. The minimum Gasteiger partial charge on any atom is -0.468 e. The fourth-order valence-corrected chi connectivity index (χ4v) is 7.88. The average molecular weight is 815 g/mol. The van der Waals surface area contributed by atoms with Gasteiger partial charge in [-0.15, -0.1) is 5.54 Å². The number of rotatable bonds is 12. The van der Waals surface area contributed by atoms with Crippen LogP contribution in [-0.4, -0.2) is 45.4 Å². The van der Waals surface area contributed by atoms with Crippen molar-refractivity contribution in [3.05, 3.63) is 81.4 Å². The first kappa shape index (κ1) is 48.8. The highest BCUT2D eigenvalue weighted by atomic mass is 28.3. The molecule has 0 spiro atoms. The third-order valence-electron chi connectivity index (χ3n) is 10.8. The van der Waals surface area contributed by atoms with Crippen LogP contribution >= 0.6 is 0 Å². The number of hydrogen-bond acceptors (Lipinski definition) is 5. The van der Waals surface area contributed by atoms with Crippen molar-refractivity contribution in [1.82, 2.24) is 0 Å². The molecule has 1 atom stereocenters. The summed E-state index contributed by atoms with van der Waals surface area (Å²) in [5.74, 6) is 15.2. The highest BCUT2D eigenvalue weighted by Gasteiger charge is 2.47. The van der Waals surface area contributed by atoms with Crippen LogP contribution < -0.4 is 0 Å². The van der Waals surface area contributed by atoms with Gasteiger partial charge in [-0.05, 0) is 109 Å². The first-order valence-electron chi connectivity index (χ1n) is 21.3. The molecule has 0 aliphatic rings. The zero-order valence-electron chi connectivity index (χ0n) is 39.1. The Labute approximate surface area is 358 Å². The van der Waals surface area contributed by atoms with E-state index in [2.05, 4.69) is 180 Å². The Morgan fingerprint density at radius 3 is 1.27 bits per heavy atom. The number of methoxy groups -OCH3 is 2. The van der Waals surface area contributed by atoms with E-state index in [1.54, 1.807) is 0 Å². The minimum atomic E-state index is -1.83. The molecule has 0 saturated heterocycles. The van der Waals surface area contributed by atoms with Crippen LogP contribution in [0.1, 0.15) is 170 Å². The quantitative estimate of drug-likeness (QED) is 0.0853. The van der Waals surface area contributed by atoms with Crippen LogP contribution in [0.2, 0.25) is 19.6 Å². The van der Waals surface area contributed by atoms with Crippen LogP contribution in [0.4, 0.5) is 0 Å². The molecule has 0 bridgehead atoms. The smallest absolute Gasteiger partial charge is 0.325 e. The summed E-state index contributed by atoms with van der Waals surface area (Å²) in [7, 11) is 0.716. The molecule has 3 rings (SSSR count). The summed E-state index contributed by atoms with van der Waals surface area (Å²) >= 11 is 0. The molecule has 1 unspecified atom stereocenters. The van der Waals surface area contributed by atoms with Crippen molar-refractivity contribution in [1.29, 1.82) is 0 Å². The lowest BCUT2D eigenvalue weighted by atomic mass is 9.78. The van der Waals surface area contributed by atoms with Gasteiger partial charge in [-0.1, -0.05) is 157 Å². The summed E-state index contributed by atoms with van der Waals surface area (Å²) in [6.07, 6.45) is -1.68. The fraction of sp³-hybridized carbons (Fsp3) is 0.509. The lowest BCUT2D eigenvalue weighted by molar-refractivity contribution is -0.168. The fourth-order valence-electron chi connectivity index (χ4n) is 7.31. The lowest BCUT2D eigenvalue weighted by Crippen LogP contribution is -2.41. The molecule has 3 aromatic carbocycles. The predicted octanol–water partition coefficient (Wildman–Crippen LogP) is 12.5. The van der Waals surface area contributed by atoms with Gasteiger partial charge in [0.15, 0.2) is 11.5 Å². The average Bonchev–Trinajstić information content (AvgIpc) is 3.16. The zero-order chi connectivity index (χ0) is 44.6. The summed E-state index contributed by atoms with van der Waals surface area (Å²) in [4.78, 5) is 27.0. The van der Waals surface area contributed by atoms with Gasteiger partial charge in [0.05, 0.1) is 14.2 Å². The van der Waals surface area contributed by atoms with E-state index in [0.717, 1.165) is 16.7 Å². The van der Waals surface area contributed by atoms with Gasteiger partial charge >= 0.3 is 11.9 Å². The Morgan fingerprint density at radius 2 is 0.949 bits per heavy atom. The molecule has 6 heteroatoms. The van der Waals surface area contributed by atoms with Crippen LogP contribution in [0.25, 0.3) is 22.3 Å². The van der Waals surface area contributed by atoms with Gasteiger partial charge in [0.2, 0.25) is 0 Å². The second-order valence-electron chi connectivity index (χ2n) is 18.8. The Kier molecular flexibility index (Phi) is 17.1. The highest BCUT2D eigenvalue weighted by Crippen LogP contribution is 2.44. The Balaban J connectivity index is 2.47. The second kappa shape index (κ2) is 20.6. The molecule has 3 aromatic rings. The van der Waals surface area contributed by atoms with Crippen molar-refractivity contribution in [2.24, 2.45) is 5.41 Å². The van der Waals surface area contributed by atoms with Gasteiger partial charge < -0.3 is 14.6 Å². The first-order chi connectivity index (χ1) is 27.5. The second-order valence-corrected chi connectivity index (χ2v) is 23.6. The standard InChI is InChI=1S/C53H70O5Si/c1-33(2)40-29-45(35(5)6)49(46(30-40)36(7)8)42-26-39(27-43(28-42)50-47(37(9)10)31-41(34(3)4)32-48(50)38(11)12)20-18-23-53(51(55)57-13,52(56)58-14)24-19-21-44(54)22-25-59(15,16)17/h26-38,44,54H,23-24H2,1-17H3. The molecule has 0 aliphatic carbocycles. The van der Waals surface area contributed by atoms with E-state index in [9.17, 15) is 14.7 Å². The summed E-state index contributed by atoms with van der Waals surface area (Å²) in [6.45, 7) is 33.3. The van der Waals surface area contributed by atoms with Crippen LogP contribution in [0.15, 0.2) is 42.5 Å². The van der Waals surface area contributed by atoms with Gasteiger partial charge in [0, 0.05) is 18.4 Å². The van der Waals surface area contributed by atoms with Crippen molar-refractivity contribution < 1.29 is 24.2 Å². The number of carbonyl (C=O) groups is 2. The summed E-state index contributed by atoms with van der Waals surface area (Å²) in [5, 5.41) is 10.5. The molecular formula is C53H70O5Si. The topological polar surface area (TPSA) is 72.8 Å². The molecule has 0 saturated carbocycles. The van der Waals surface area contributed by atoms with Gasteiger partial charge in [0.25, 0.3) is 0 Å². The van der Waals surface area contributed by atoms with Gasteiger partial charge in [-0.2, -0.15) is 0 Å². The monoisotopic (exact) mass is 814 g/mol. The molecule has 0 fully saturated rings. The number of hydrogen-bond donors (Lipinski definition) is 1.